The molecule has 9 heteroatoms. The third-order valence-corrected chi connectivity index (χ3v) is 5.71. The molecule has 0 N–H and O–H groups in total. The number of benzene rings is 2. The van der Waals surface area contributed by atoms with Gasteiger partial charge in [0.15, 0.2) is 0 Å². The van der Waals surface area contributed by atoms with Crippen LogP contribution in [0.5, 0.6) is 0 Å². The first kappa shape index (κ1) is 22.0. The van der Waals surface area contributed by atoms with Gasteiger partial charge in [-0.3, -0.25) is 9.59 Å². The molecule has 0 radical (unpaired) electrons. The molecule has 0 aliphatic carbocycles. The van der Waals surface area contributed by atoms with Gasteiger partial charge in [0.2, 0.25) is 17.6 Å². The quantitative estimate of drug-likeness (QED) is 0.584. The SMILES string of the molecule is Cc1ccc(-c2noc(CCC(=O)N3CCN(C(=O)c4ccc(Cl)cc4)CC3)n2)cc1F. The number of rotatable bonds is 5. The van der Waals surface area contributed by atoms with Crippen LogP contribution in [0.15, 0.2) is 47.0 Å². The fraction of sp³-hybridized carbons (Fsp3) is 0.304. The molecule has 0 saturated carbocycles. The van der Waals surface area contributed by atoms with E-state index >= 15 is 0 Å². The first-order valence-corrected chi connectivity index (χ1v) is 10.7. The molecule has 2 amide bonds. The zero-order chi connectivity index (χ0) is 22.7. The lowest BCUT2D eigenvalue weighted by Gasteiger charge is -2.34. The van der Waals surface area contributed by atoms with Crippen molar-refractivity contribution >= 4 is 23.4 Å². The Kier molecular flexibility index (Phi) is 6.50. The van der Waals surface area contributed by atoms with E-state index in [1.165, 1.54) is 6.07 Å². The summed E-state index contributed by atoms with van der Waals surface area (Å²) >= 11 is 5.88. The first-order chi connectivity index (χ1) is 15.4. The zero-order valence-corrected chi connectivity index (χ0v) is 18.3. The van der Waals surface area contributed by atoms with Crippen LogP contribution < -0.4 is 0 Å². The number of amides is 2. The number of aryl methyl sites for hydroxylation is 2. The van der Waals surface area contributed by atoms with Crippen molar-refractivity contribution in [3.63, 3.8) is 0 Å². The number of hydrogen-bond donors (Lipinski definition) is 0. The van der Waals surface area contributed by atoms with E-state index in [0.29, 0.717) is 66.0 Å². The van der Waals surface area contributed by atoms with E-state index in [4.69, 9.17) is 16.1 Å². The molecule has 32 heavy (non-hydrogen) atoms. The minimum Gasteiger partial charge on any atom is -0.339 e. The van der Waals surface area contributed by atoms with E-state index in [9.17, 15) is 14.0 Å². The summed E-state index contributed by atoms with van der Waals surface area (Å²) in [7, 11) is 0. The Hall–Kier alpha value is -3.26. The number of nitrogens with zero attached hydrogens (tertiary/aromatic N) is 4. The van der Waals surface area contributed by atoms with Gasteiger partial charge < -0.3 is 14.3 Å². The summed E-state index contributed by atoms with van der Waals surface area (Å²) in [5, 5.41) is 4.46. The van der Waals surface area contributed by atoms with Crippen molar-refractivity contribution in [3.05, 3.63) is 70.3 Å². The number of carbonyl (C=O) groups is 2. The van der Waals surface area contributed by atoms with E-state index < -0.39 is 0 Å². The van der Waals surface area contributed by atoms with Gasteiger partial charge in [-0.2, -0.15) is 4.98 Å². The molecule has 166 valence electrons. The molecule has 0 unspecified atom stereocenters. The Balaban J connectivity index is 1.27. The van der Waals surface area contributed by atoms with E-state index in [-0.39, 0.29) is 24.1 Å². The molecule has 0 atom stereocenters. The van der Waals surface area contributed by atoms with Crippen LogP contribution in [-0.4, -0.2) is 57.9 Å². The highest BCUT2D eigenvalue weighted by molar-refractivity contribution is 6.30. The second-order valence-electron chi connectivity index (χ2n) is 7.66. The van der Waals surface area contributed by atoms with Crippen LogP contribution in [0.1, 0.15) is 28.2 Å². The predicted octanol–water partition coefficient (Wildman–Crippen LogP) is 3.75. The Morgan fingerprint density at radius 3 is 2.44 bits per heavy atom. The van der Waals surface area contributed by atoms with Crippen LogP contribution in [0.4, 0.5) is 4.39 Å². The van der Waals surface area contributed by atoms with Crippen molar-refractivity contribution in [3.8, 4) is 11.4 Å². The van der Waals surface area contributed by atoms with Crippen molar-refractivity contribution in [1.29, 1.82) is 0 Å². The monoisotopic (exact) mass is 456 g/mol. The van der Waals surface area contributed by atoms with Crippen LogP contribution in [0.25, 0.3) is 11.4 Å². The van der Waals surface area contributed by atoms with Gasteiger partial charge in [-0.05, 0) is 42.8 Å². The Morgan fingerprint density at radius 2 is 1.75 bits per heavy atom. The van der Waals surface area contributed by atoms with Gasteiger partial charge in [-0.15, -0.1) is 0 Å². The van der Waals surface area contributed by atoms with Crippen LogP contribution in [0, 0.1) is 12.7 Å². The van der Waals surface area contributed by atoms with Crippen LogP contribution in [-0.2, 0) is 11.2 Å². The highest BCUT2D eigenvalue weighted by Gasteiger charge is 2.25. The largest absolute Gasteiger partial charge is 0.339 e. The Bertz CT molecular complexity index is 1120. The molecule has 1 aliphatic rings. The average Bonchev–Trinajstić information content (AvgIpc) is 3.28. The first-order valence-electron chi connectivity index (χ1n) is 10.3. The van der Waals surface area contributed by atoms with Gasteiger partial charge in [-0.1, -0.05) is 28.9 Å². The number of carbonyl (C=O) groups excluding carboxylic acids is 2. The molecule has 7 nitrogen and oxygen atoms in total. The van der Waals surface area contributed by atoms with E-state index in [0.717, 1.165) is 0 Å². The maximum atomic E-state index is 13.8. The number of hydrogen-bond acceptors (Lipinski definition) is 5. The number of halogens is 2. The second-order valence-corrected chi connectivity index (χ2v) is 8.09. The van der Waals surface area contributed by atoms with Gasteiger partial charge >= 0.3 is 0 Å². The van der Waals surface area contributed by atoms with Gasteiger partial charge in [0.25, 0.3) is 5.91 Å². The molecule has 1 fully saturated rings. The molecule has 3 aromatic rings. The minimum absolute atomic E-state index is 0.0373. The summed E-state index contributed by atoms with van der Waals surface area (Å²) in [5.74, 6) is 0.175. The lowest BCUT2D eigenvalue weighted by molar-refractivity contribution is -0.132. The summed E-state index contributed by atoms with van der Waals surface area (Å²) in [5.41, 5.74) is 1.64. The van der Waals surface area contributed by atoms with Crippen molar-refractivity contribution in [2.75, 3.05) is 26.2 Å². The molecule has 1 saturated heterocycles. The maximum Gasteiger partial charge on any atom is 0.253 e. The van der Waals surface area contributed by atoms with Crippen molar-refractivity contribution in [2.45, 2.75) is 19.8 Å². The summed E-state index contributed by atoms with van der Waals surface area (Å²) in [4.78, 5) is 32.9. The maximum absolute atomic E-state index is 13.8. The number of piperazine rings is 1. The second kappa shape index (κ2) is 9.48. The molecule has 2 heterocycles. The highest BCUT2D eigenvalue weighted by atomic mass is 35.5. The summed E-state index contributed by atoms with van der Waals surface area (Å²) < 4.78 is 19.0. The fourth-order valence-electron chi connectivity index (χ4n) is 3.51. The minimum atomic E-state index is -0.335. The Labute approximate surface area is 189 Å². The number of aromatic nitrogens is 2. The highest BCUT2D eigenvalue weighted by Crippen LogP contribution is 2.20. The average molecular weight is 457 g/mol. The van der Waals surface area contributed by atoms with Crippen molar-refractivity contribution < 1.29 is 18.5 Å². The van der Waals surface area contributed by atoms with Crippen LogP contribution in [0.2, 0.25) is 5.02 Å². The molecule has 1 aliphatic heterocycles. The zero-order valence-electron chi connectivity index (χ0n) is 17.6. The predicted molar refractivity (Wildman–Crippen MR) is 117 cm³/mol. The molecule has 0 spiro atoms. The normalized spacial score (nSPS) is 14.0. The topological polar surface area (TPSA) is 79.5 Å². The molecule has 1 aromatic heterocycles. The van der Waals surface area contributed by atoms with E-state index in [1.54, 1.807) is 53.1 Å². The Morgan fingerprint density at radius 1 is 1.06 bits per heavy atom. The molecule has 0 bridgehead atoms. The van der Waals surface area contributed by atoms with Crippen LogP contribution in [0.3, 0.4) is 0 Å². The summed E-state index contributed by atoms with van der Waals surface area (Å²) in [6, 6.07) is 11.5. The third-order valence-electron chi connectivity index (χ3n) is 5.46. The summed E-state index contributed by atoms with van der Waals surface area (Å²) in [6.07, 6.45) is 0.513. The van der Waals surface area contributed by atoms with E-state index in [1.807, 2.05) is 0 Å². The standard InChI is InChI=1S/C23H22ClFN4O3/c1-15-2-3-17(14-19(15)25)22-26-20(32-27-22)8-9-21(30)28-10-12-29(13-11-28)23(31)16-4-6-18(24)7-5-16/h2-7,14H,8-13H2,1H3. The molecule has 4 rings (SSSR count). The van der Waals surface area contributed by atoms with Gasteiger partial charge in [0.05, 0.1) is 0 Å². The third kappa shape index (κ3) is 4.96. The smallest absolute Gasteiger partial charge is 0.253 e. The van der Waals surface area contributed by atoms with Gasteiger partial charge in [0, 0.05) is 55.2 Å². The van der Waals surface area contributed by atoms with E-state index in [2.05, 4.69) is 10.1 Å². The molecular weight excluding hydrogens is 435 g/mol. The molecule has 2 aromatic carbocycles. The fourth-order valence-corrected chi connectivity index (χ4v) is 3.64. The summed E-state index contributed by atoms with van der Waals surface area (Å²) in [6.45, 7) is 3.55. The van der Waals surface area contributed by atoms with Gasteiger partial charge in [0.1, 0.15) is 5.82 Å². The van der Waals surface area contributed by atoms with Crippen molar-refractivity contribution in [2.24, 2.45) is 0 Å². The van der Waals surface area contributed by atoms with Crippen molar-refractivity contribution in [1.82, 2.24) is 19.9 Å². The lowest BCUT2D eigenvalue weighted by atomic mass is 10.1. The lowest BCUT2D eigenvalue weighted by Crippen LogP contribution is -2.50. The van der Waals surface area contributed by atoms with Gasteiger partial charge in [-0.25, -0.2) is 4.39 Å². The molecular formula is C23H22ClFN4O3. The van der Waals surface area contributed by atoms with Crippen LogP contribution >= 0.6 is 11.6 Å².